The van der Waals surface area contributed by atoms with Crippen molar-refractivity contribution >= 4 is 21.4 Å². The fourth-order valence-corrected chi connectivity index (χ4v) is 3.42. The lowest BCUT2D eigenvalue weighted by molar-refractivity contribution is -0.116. The number of nitrogens with one attached hydrogen (secondary N) is 1. The average Bonchev–Trinajstić information content (AvgIpc) is 2.46. The summed E-state index contributed by atoms with van der Waals surface area (Å²) in [5.41, 5.74) is 1.18. The molecule has 0 aliphatic carbocycles. The van der Waals surface area contributed by atoms with E-state index in [1.54, 1.807) is 24.3 Å². The number of hydrogen-bond donors (Lipinski definition) is 1. The van der Waals surface area contributed by atoms with Crippen molar-refractivity contribution in [1.29, 1.82) is 5.26 Å². The SMILES string of the molecule is CCN(CCC(=O)Nc1ccc(C#N)cc1)C(C)CS(C)(=O)=O. The van der Waals surface area contributed by atoms with Gasteiger partial charge in [-0.05, 0) is 37.7 Å². The Morgan fingerprint density at radius 1 is 1.35 bits per heavy atom. The molecule has 1 amide bonds. The Labute approximate surface area is 138 Å². The molecule has 0 heterocycles. The zero-order chi connectivity index (χ0) is 17.5. The molecule has 7 heteroatoms. The zero-order valence-corrected chi connectivity index (χ0v) is 14.6. The summed E-state index contributed by atoms with van der Waals surface area (Å²) in [6, 6.07) is 8.53. The molecule has 0 radical (unpaired) electrons. The van der Waals surface area contributed by atoms with E-state index in [1.165, 1.54) is 6.26 Å². The van der Waals surface area contributed by atoms with Crippen LogP contribution < -0.4 is 5.32 Å². The van der Waals surface area contributed by atoms with Crippen LogP contribution in [0.4, 0.5) is 5.69 Å². The quantitative estimate of drug-likeness (QED) is 0.779. The van der Waals surface area contributed by atoms with Crippen LogP contribution in [0.15, 0.2) is 24.3 Å². The second kappa shape index (κ2) is 8.65. The molecule has 126 valence electrons. The van der Waals surface area contributed by atoms with Crippen LogP contribution in [-0.2, 0) is 14.6 Å². The zero-order valence-electron chi connectivity index (χ0n) is 13.7. The fraction of sp³-hybridized carbons (Fsp3) is 0.500. The molecular weight excluding hydrogens is 314 g/mol. The number of anilines is 1. The summed E-state index contributed by atoms with van der Waals surface area (Å²) < 4.78 is 22.7. The van der Waals surface area contributed by atoms with Crippen molar-refractivity contribution in [3.8, 4) is 6.07 Å². The first-order valence-corrected chi connectivity index (χ1v) is 9.53. The van der Waals surface area contributed by atoms with E-state index < -0.39 is 9.84 Å². The maximum atomic E-state index is 12.0. The van der Waals surface area contributed by atoms with Gasteiger partial charge >= 0.3 is 0 Å². The largest absolute Gasteiger partial charge is 0.326 e. The third-order valence-corrected chi connectivity index (χ3v) is 4.59. The standard InChI is InChI=1S/C16H23N3O3S/c1-4-19(13(2)12-23(3,21)22)10-9-16(20)18-15-7-5-14(11-17)6-8-15/h5-8,13H,4,9-10,12H2,1-3H3,(H,18,20). The number of sulfone groups is 1. The van der Waals surface area contributed by atoms with Crippen molar-refractivity contribution in [2.45, 2.75) is 26.3 Å². The van der Waals surface area contributed by atoms with Gasteiger partial charge in [-0.15, -0.1) is 0 Å². The molecule has 0 bridgehead atoms. The Morgan fingerprint density at radius 2 is 1.96 bits per heavy atom. The van der Waals surface area contributed by atoms with E-state index in [0.29, 0.717) is 24.3 Å². The van der Waals surface area contributed by atoms with Crippen LogP contribution in [0.2, 0.25) is 0 Å². The summed E-state index contributed by atoms with van der Waals surface area (Å²) in [5, 5.41) is 11.5. The van der Waals surface area contributed by atoms with Crippen molar-refractivity contribution in [2.75, 3.05) is 30.4 Å². The van der Waals surface area contributed by atoms with E-state index in [-0.39, 0.29) is 24.1 Å². The highest BCUT2D eigenvalue weighted by Gasteiger charge is 2.18. The molecule has 1 rings (SSSR count). The van der Waals surface area contributed by atoms with Crippen LogP contribution in [0, 0.1) is 11.3 Å². The van der Waals surface area contributed by atoms with Crippen molar-refractivity contribution in [2.24, 2.45) is 0 Å². The average molecular weight is 337 g/mol. The second-order valence-electron chi connectivity index (χ2n) is 5.56. The summed E-state index contributed by atoms with van der Waals surface area (Å²) in [7, 11) is -3.04. The number of hydrogen-bond acceptors (Lipinski definition) is 5. The van der Waals surface area contributed by atoms with Crippen LogP contribution >= 0.6 is 0 Å². The molecule has 0 saturated heterocycles. The topological polar surface area (TPSA) is 90.3 Å². The van der Waals surface area contributed by atoms with Gasteiger partial charge in [0.2, 0.25) is 5.91 Å². The number of nitriles is 1. The second-order valence-corrected chi connectivity index (χ2v) is 7.74. The van der Waals surface area contributed by atoms with Gasteiger partial charge in [0.1, 0.15) is 9.84 Å². The first kappa shape index (κ1) is 19.1. The Hall–Kier alpha value is -1.91. The van der Waals surface area contributed by atoms with Crippen molar-refractivity contribution in [1.82, 2.24) is 4.90 Å². The van der Waals surface area contributed by atoms with Crippen molar-refractivity contribution in [3.05, 3.63) is 29.8 Å². The summed E-state index contributed by atoms with van der Waals surface area (Å²) >= 11 is 0. The Bertz CT molecular complexity index is 663. The molecule has 1 aromatic carbocycles. The lowest BCUT2D eigenvalue weighted by Crippen LogP contribution is -2.39. The maximum Gasteiger partial charge on any atom is 0.225 e. The van der Waals surface area contributed by atoms with Crippen LogP contribution in [0.3, 0.4) is 0 Å². The van der Waals surface area contributed by atoms with Gasteiger partial charge in [0.05, 0.1) is 17.4 Å². The van der Waals surface area contributed by atoms with Gasteiger partial charge < -0.3 is 5.32 Å². The third kappa shape index (κ3) is 7.26. The number of rotatable bonds is 8. The van der Waals surface area contributed by atoms with Gasteiger partial charge in [-0.3, -0.25) is 9.69 Å². The predicted octanol–water partition coefficient (Wildman–Crippen LogP) is 1.64. The van der Waals surface area contributed by atoms with E-state index in [4.69, 9.17) is 5.26 Å². The summed E-state index contributed by atoms with van der Waals surface area (Å²) in [4.78, 5) is 13.9. The van der Waals surface area contributed by atoms with Gasteiger partial charge in [0, 0.05) is 31.0 Å². The lowest BCUT2D eigenvalue weighted by atomic mass is 10.2. The minimum absolute atomic E-state index is 0.0814. The number of carbonyl (C=O) groups excluding carboxylic acids is 1. The van der Waals surface area contributed by atoms with Gasteiger partial charge in [0.15, 0.2) is 0 Å². The molecule has 0 spiro atoms. The third-order valence-electron chi connectivity index (χ3n) is 3.50. The normalized spacial score (nSPS) is 12.7. The first-order valence-electron chi connectivity index (χ1n) is 7.47. The van der Waals surface area contributed by atoms with E-state index in [2.05, 4.69) is 5.32 Å². The molecule has 0 aliphatic rings. The predicted molar refractivity (Wildman–Crippen MR) is 90.8 cm³/mol. The molecule has 1 atom stereocenters. The number of amides is 1. The highest BCUT2D eigenvalue weighted by Crippen LogP contribution is 2.10. The van der Waals surface area contributed by atoms with Crippen LogP contribution in [-0.4, -0.2) is 50.4 Å². The minimum atomic E-state index is -3.04. The number of nitrogens with zero attached hydrogens (tertiary/aromatic N) is 2. The molecule has 6 nitrogen and oxygen atoms in total. The van der Waals surface area contributed by atoms with E-state index in [1.807, 2.05) is 24.8 Å². The number of benzene rings is 1. The molecule has 0 fully saturated rings. The van der Waals surface area contributed by atoms with Crippen LogP contribution in [0.1, 0.15) is 25.8 Å². The highest BCUT2D eigenvalue weighted by molar-refractivity contribution is 7.90. The Kier molecular flexibility index (Phi) is 7.20. The number of carbonyl (C=O) groups is 1. The molecule has 0 aromatic heterocycles. The Morgan fingerprint density at radius 3 is 2.43 bits per heavy atom. The minimum Gasteiger partial charge on any atom is -0.326 e. The van der Waals surface area contributed by atoms with Crippen molar-refractivity contribution in [3.63, 3.8) is 0 Å². The lowest BCUT2D eigenvalue weighted by Gasteiger charge is -2.26. The van der Waals surface area contributed by atoms with E-state index in [9.17, 15) is 13.2 Å². The highest BCUT2D eigenvalue weighted by atomic mass is 32.2. The van der Waals surface area contributed by atoms with Gasteiger partial charge in [-0.25, -0.2) is 8.42 Å². The molecular formula is C16H23N3O3S. The molecule has 1 aromatic rings. The van der Waals surface area contributed by atoms with Gasteiger partial charge in [0.25, 0.3) is 0 Å². The van der Waals surface area contributed by atoms with E-state index >= 15 is 0 Å². The monoisotopic (exact) mass is 337 g/mol. The van der Waals surface area contributed by atoms with E-state index in [0.717, 1.165) is 0 Å². The first-order chi connectivity index (χ1) is 10.7. The molecule has 1 N–H and O–H groups in total. The Balaban J connectivity index is 2.51. The molecule has 0 aliphatic heterocycles. The van der Waals surface area contributed by atoms with Gasteiger partial charge in [-0.1, -0.05) is 6.92 Å². The molecule has 1 unspecified atom stereocenters. The smallest absolute Gasteiger partial charge is 0.225 e. The maximum absolute atomic E-state index is 12.0. The van der Waals surface area contributed by atoms with Crippen LogP contribution in [0.25, 0.3) is 0 Å². The molecule has 23 heavy (non-hydrogen) atoms. The molecule has 0 saturated carbocycles. The van der Waals surface area contributed by atoms with Gasteiger partial charge in [-0.2, -0.15) is 5.26 Å². The summed E-state index contributed by atoms with van der Waals surface area (Å²) in [5.74, 6) is -0.0577. The van der Waals surface area contributed by atoms with Crippen LogP contribution in [0.5, 0.6) is 0 Å². The summed E-state index contributed by atoms with van der Waals surface area (Å²) in [6.07, 6.45) is 1.50. The fourth-order valence-electron chi connectivity index (χ4n) is 2.33. The summed E-state index contributed by atoms with van der Waals surface area (Å²) in [6.45, 7) is 4.97. The van der Waals surface area contributed by atoms with Crippen molar-refractivity contribution < 1.29 is 13.2 Å².